The third-order valence-corrected chi connectivity index (χ3v) is 6.03. The van der Waals surface area contributed by atoms with Gasteiger partial charge in [-0.2, -0.15) is 0 Å². The monoisotopic (exact) mass is 461 g/mol. The van der Waals surface area contributed by atoms with E-state index in [2.05, 4.69) is 19.2 Å². The number of nitrogens with one attached hydrogen (secondary N) is 1. The van der Waals surface area contributed by atoms with Crippen LogP contribution in [0.2, 0.25) is 5.02 Å². The molecule has 0 atom stereocenters. The molecule has 3 rings (SSSR count). The van der Waals surface area contributed by atoms with Crippen LogP contribution in [0.4, 0.5) is 5.00 Å². The Hall–Kier alpha value is -2.77. The fourth-order valence-electron chi connectivity index (χ4n) is 3.01. The summed E-state index contributed by atoms with van der Waals surface area (Å²) in [5, 5.41) is 3.83. The van der Waals surface area contributed by atoms with Crippen molar-refractivity contribution >= 4 is 39.8 Å². The van der Waals surface area contributed by atoms with Gasteiger partial charge in [0.25, 0.3) is 5.91 Å². The zero-order valence-electron chi connectivity index (χ0n) is 18.0. The van der Waals surface area contributed by atoms with Crippen LogP contribution in [-0.2, 0) is 11.3 Å². The molecule has 0 saturated carbocycles. The zero-order valence-corrected chi connectivity index (χ0v) is 19.6. The molecule has 3 aromatic rings. The summed E-state index contributed by atoms with van der Waals surface area (Å²) in [7, 11) is 1.30. The molecule has 0 unspecified atom stereocenters. The van der Waals surface area contributed by atoms with Gasteiger partial charge in [-0.3, -0.25) is 4.79 Å². The van der Waals surface area contributed by atoms with Crippen molar-refractivity contribution in [2.75, 3.05) is 12.4 Å². The largest absolute Gasteiger partial charge is 0.485 e. The number of esters is 1. The molecule has 1 N–H and O–H groups in total. The molecule has 1 aromatic carbocycles. The number of methoxy groups -OCH3 is 1. The van der Waals surface area contributed by atoms with Crippen molar-refractivity contribution in [3.63, 3.8) is 0 Å². The van der Waals surface area contributed by atoms with Crippen LogP contribution in [0.5, 0.6) is 5.75 Å². The van der Waals surface area contributed by atoms with Gasteiger partial charge in [0.05, 0.1) is 12.7 Å². The molecule has 0 aliphatic rings. The van der Waals surface area contributed by atoms with Crippen molar-refractivity contribution in [3.8, 4) is 5.75 Å². The van der Waals surface area contributed by atoms with Gasteiger partial charge in [-0.25, -0.2) is 4.79 Å². The second-order valence-corrected chi connectivity index (χ2v) is 9.06. The average Bonchev–Trinajstić information content (AvgIpc) is 3.34. The molecule has 0 aliphatic carbocycles. The number of carbonyl (C=O) groups excluding carboxylic acids is 2. The predicted molar refractivity (Wildman–Crippen MR) is 122 cm³/mol. The molecule has 0 spiro atoms. The molecule has 2 heterocycles. The van der Waals surface area contributed by atoms with Crippen LogP contribution in [0.25, 0.3) is 0 Å². The number of carbonyl (C=O) groups is 2. The first-order chi connectivity index (χ1) is 14.7. The first-order valence-corrected chi connectivity index (χ1v) is 10.9. The van der Waals surface area contributed by atoms with Crippen LogP contribution in [-0.4, -0.2) is 19.0 Å². The summed E-state index contributed by atoms with van der Waals surface area (Å²) < 4.78 is 16.4. The topological polar surface area (TPSA) is 77.8 Å². The molecule has 2 aromatic heterocycles. The third kappa shape index (κ3) is 5.29. The Morgan fingerprint density at radius 1 is 1.19 bits per heavy atom. The quantitative estimate of drug-likeness (QED) is 0.414. The molecule has 0 radical (unpaired) electrons. The van der Waals surface area contributed by atoms with Crippen LogP contribution in [0.15, 0.2) is 34.7 Å². The standard InChI is InChI=1S/C23H24ClNO5S/c1-12(2)16-10-18(24)13(3)8-20(16)29-11-15-6-7-19(30-15)21(26)25-22-17(23(27)28-5)9-14(4)31-22/h6-10,12H,11H2,1-5H3,(H,25,26). The van der Waals surface area contributed by atoms with E-state index in [1.807, 2.05) is 26.0 Å². The van der Waals surface area contributed by atoms with Crippen molar-refractivity contribution in [1.29, 1.82) is 0 Å². The molecule has 31 heavy (non-hydrogen) atoms. The van der Waals surface area contributed by atoms with E-state index in [0.29, 0.717) is 21.3 Å². The number of benzene rings is 1. The zero-order chi connectivity index (χ0) is 22.7. The molecule has 164 valence electrons. The van der Waals surface area contributed by atoms with E-state index < -0.39 is 11.9 Å². The van der Waals surface area contributed by atoms with Gasteiger partial charge in [0, 0.05) is 9.90 Å². The number of furan rings is 1. The van der Waals surface area contributed by atoms with Gasteiger partial charge in [-0.1, -0.05) is 25.4 Å². The van der Waals surface area contributed by atoms with Gasteiger partial charge < -0.3 is 19.2 Å². The van der Waals surface area contributed by atoms with E-state index >= 15 is 0 Å². The van der Waals surface area contributed by atoms with E-state index in [-0.39, 0.29) is 18.3 Å². The number of hydrogen-bond donors (Lipinski definition) is 1. The summed E-state index contributed by atoms with van der Waals surface area (Å²) in [5.74, 6) is 0.635. The number of ether oxygens (including phenoxy) is 2. The SMILES string of the molecule is COC(=O)c1cc(C)sc1NC(=O)c1ccc(COc2cc(C)c(Cl)cc2C(C)C)o1. The Morgan fingerprint density at radius 2 is 1.94 bits per heavy atom. The smallest absolute Gasteiger partial charge is 0.340 e. The Balaban J connectivity index is 1.71. The first kappa shape index (κ1) is 22.9. The number of amides is 1. The predicted octanol–water partition coefficient (Wildman–Crippen LogP) is 6.35. The molecule has 0 aliphatic heterocycles. The number of thiophene rings is 1. The highest BCUT2D eigenvalue weighted by Crippen LogP contribution is 2.33. The summed E-state index contributed by atoms with van der Waals surface area (Å²) in [6.07, 6.45) is 0. The molecule has 1 amide bonds. The van der Waals surface area contributed by atoms with Crippen molar-refractivity contribution in [2.45, 2.75) is 40.2 Å². The van der Waals surface area contributed by atoms with Gasteiger partial charge in [-0.15, -0.1) is 11.3 Å². The molecule has 0 fully saturated rings. The Bertz CT molecular complexity index is 1120. The number of halogens is 1. The average molecular weight is 462 g/mol. The lowest BCUT2D eigenvalue weighted by Gasteiger charge is -2.15. The number of aryl methyl sites for hydroxylation is 2. The van der Waals surface area contributed by atoms with E-state index in [4.69, 9.17) is 25.5 Å². The van der Waals surface area contributed by atoms with E-state index in [1.165, 1.54) is 18.4 Å². The summed E-state index contributed by atoms with van der Waals surface area (Å²) in [5.41, 5.74) is 2.24. The number of hydrogen-bond acceptors (Lipinski definition) is 6. The lowest BCUT2D eigenvalue weighted by atomic mass is 10.0. The van der Waals surface area contributed by atoms with Crippen LogP contribution >= 0.6 is 22.9 Å². The molecule has 6 nitrogen and oxygen atoms in total. The molecule has 8 heteroatoms. The molecular formula is C23H24ClNO5S. The highest BCUT2D eigenvalue weighted by atomic mass is 35.5. The second kappa shape index (κ2) is 9.58. The second-order valence-electron chi connectivity index (χ2n) is 7.39. The normalized spacial score (nSPS) is 10.9. The maximum absolute atomic E-state index is 12.6. The van der Waals surface area contributed by atoms with Gasteiger partial charge in [0.1, 0.15) is 23.1 Å². The van der Waals surface area contributed by atoms with Crippen molar-refractivity contribution < 1.29 is 23.5 Å². The summed E-state index contributed by atoms with van der Waals surface area (Å²) in [6.45, 7) is 8.07. The minimum absolute atomic E-state index is 0.122. The maximum Gasteiger partial charge on any atom is 0.340 e. The van der Waals surface area contributed by atoms with Crippen LogP contribution < -0.4 is 10.1 Å². The maximum atomic E-state index is 12.6. The fraction of sp³-hybridized carbons (Fsp3) is 0.304. The van der Waals surface area contributed by atoms with E-state index in [0.717, 1.165) is 21.8 Å². The van der Waals surface area contributed by atoms with Gasteiger partial charge >= 0.3 is 5.97 Å². The Labute approximate surface area is 190 Å². The summed E-state index contributed by atoms with van der Waals surface area (Å²) in [6, 6.07) is 8.76. The van der Waals surface area contributed by atoms with E-state index in [9.17, 15) is 9.59 Å². The number of anilines is 1. The lowest BCUT2D eigenvalue weighted by Crippen LogP contribution is -2.13. The molecule has 0 saturated heterocycles. The molecular weight excluding hydrogens is 438 g/mol. The van der Waals surface area contributed by atoms with Gasteiger partial charge in [0.2, 0.25) is 0 Å². The van der Waals surface area contributed by atoms with Gasteiger partial charge in [-0.05, 0) is 61.2 Å². The minimum Gasteiger partial charge on any atom is -0.485 e. The van der Waals surface area contributed by atoms with Gasteiger partial charge in [0.15, 0.2) is 5.76 Å². The van der Waals surface area contributed by atoms with Crippen molar-refractivity contribution in [3.05, 3.63) is 68.4 Å². The summed E-state index contributed by atoms with van der Waals surface area (Å²) >= 11 is 7.54. The number of rotatable bonds is 7. The molecule has 0 bridgehead atoms. The Kier molecular flexibility index (Phi) is 7.08. The highest BCUT2D eigenvalue weighted by Gasteiger charge is 2.20. The first-order valence-electron chi connectivity index (χ1n) is 9.71. The minimum atomic E-state index is -0.507. The van der Waals surface area contributed by atoms with E-state index in [1.54, 1.807) is 18.2 Å². The third-order valence-electron chi connectivity index (χ3n) is 4.66. The van der Waals surface area contributed by atoms with Crippen LogP contribution in [0.3, 0.4) is 0 Å². The van der Waals surface area contributed by atoms with Crippen LogP contribution in [0, 0.1) is 13.8 Å². The summed E-state index contributed by atoms with van der Waals surface area (Å²) in [4.78, 5) is 25.4. The highest BCUT2D eigenvalue weighted by molar-refractivity contribution is 7.16. The van der Waals surface area contributed by atoms with Crippen molar-refractivity contribution in [1.82, 2.24) is 0 Å². The van der Waals surface area contributed by atoms with Crippen molar-refractivity contribution in [2.24, 2.45) is 0 Å². The fourth-order valence-corrected chi connectivity index (χ4v) is 4.07. The van der Waals surface area contributed by atoms with Crippen LogP contribution in [0.1, 0.15) is 62.4 Å². The Morgan fingerprint density at radius 3 is 2.61 bits per heavy atom. The lowest BCUT2D eigenvalue weighted by molar-refractivity contribution is 0.0602.